The summed E-state index contributed by atoms with van der Waals surface area (Å²) in [6.45, 7) is 0. The van der Waals surface area contributed by atoms with Gasteiger partial charge in [0.25, 0.3) is 0 Å². The van der Waals surface area contributed by atoms with Gasteiger partial charge in [0, 0.05) is 12.4 Å². The maximum Gasteiger partial charge on any atom is 0.161 e. The number of aliphatic carboxylic acids is 1. The Balaban J connectivity index is 2.05. The van der Waals surface area contributed by atoms with Gasteiger partial charge in [0.15, 0.2) is 5.78 Å². The smallest absolute Gasteiger partial charge is 0.161 e. The molecule has 0 fully saturated rings. The Bertz CT molecular complexity index is 293. The minimum absolute atomic E-state index is 0.0437. The van der Waals surface area contributed by atoms with Crippen LogP contribution in [0, 0.1) is 0 Å². The van der Waals surface area contributed by atoms with Crippen molar-refractivity contribution in [2.45, 2.75) is 51.0 Å². The second-order valence-electron chi connectivity index (χ2n) is 4.17. The molecule has 0 radical (unpaired) electrons. The molecule has 0 saturated carbocycles. The van der Waals surface area contributed by atoms with Gasteiger partial charge in [-0.05, 0) is 37.3 Å². The first-order chi connectivity index (χ1) is 7.59. The highest BCUT2D eigenvalue weighted by atomic mass is 16.4. The molecule has 1 unspecified atom stereocenters. The Morgan fingerprint density at radius 3 is 2.62 bits per heavy atom. The van der Waals surface area contributed by atoms with Crippen LogP contribution >= 0.6 is 0 Å². The van der Waals surface area contributed by atoms with Crippen LogP contribution in [0.25, 0.3) is 0 Å². The SMILES string of the molecule is O=C([O-])CCCCCCC1=CC(O)CC1=O. The molecule has 1 aliphatic carbocycles. The number of hydrogen-bond acceptors (Lipinski definition) is 4. The van der Waals surface area contributed by atoms with E-state index in [9.17, 15) is 19.8 Å². The molecule has 1 N–H and O–H groups in total. The maximum atomic E-state index is 11.3. The minimum Gasteiger partial charge on any atom is -0.550 e. The molecule has 0 saturated heterocycles. The van der Waals surface area contributed by atoms with Crippen molar-refractivity contribution in [1.82, 2.24) is 0 Å². The molecular weight excluding hydrogens is 208 g/mol. The highest BCUT2D eigenvalue weighted by molar-refractivity contribution is 5.98. The number of hydrogen-bond donors (Lipinski definition) is 1. The summed E-state index contributed by atoms with van der Waals surface area (Å²) in [5.74, 6) is -0.959. The molecule has 0 spiro atoms. The Morgan fingerprint density at radius 1 is 1.38 bits per heavy atom. The first kappa shape index (κ1) is 12.9. The van der Waals surface area contributed by atoms with E-state index in [0.29, 0.717) is 12.8 Å². The van der Waals surface area contributed by atoms with Gasteiger partial charge in [0.1, 0.15) is 0 Å². The molecule has 0 amide bonds. The lowest BCUT2D eigenvalue weighted by Gasteiger charge is -2.02. The van der Waals surface area contributed by atoms with Gasteiger partial charge in [0.05, 0.1) is 6.10 Å². The van der Waals surface area contributed by atoms with Crippen molar-refractivity contribution >= 4 is 11.8 Å². The average Bonchev–Trinajstić information content (AvgIpc) is 2.50. The van der Waals surface area contributed by atoms with Gasteiger partial charge in [-0.2, -0.15) is 0 Å². The first-order valence-electron chi connectivity index (χ1n) is 5.71. The Kier molecular flexibility index (Phi) is 5.19. The normalized spacial score (nSPS) is 19.9. The summed E-state index contributed by atoms with van der Waals surface area (Å²) in [7, 11) is 0. The van der Waals surface area contributed by atoms with Gasteiger partial charge < -0.3 is 15.0 Å². The average molecular weight is 225 g/mol. The van der Waals surface area contributed by atoms with Crippen molar-refractivity contribution in [3.8, 4) is 0 Å². The van der Waals surface area contributed by atoms with Crippen LogP contribution in [0.3, 0.4) is 0 Å². The number of unbranched alkanes of at least 4 members (excludes halogenated alkanes) is 3. The number of carboxylic acids is 1. The van der Waals surface area contributed by atoms with Crippen molar-refractivity contribution in [1.29, 1.82) is 0 Å². The van der Waals surface area contributed by atoms with E-state index in [1.807, 2.05) is 0 Å². The summed E-state index contributed by atoms with van der Waals surface area (Å²) in [4.78, 5) is 21.4. The van der Waals surface area contributed by atoms with E-state index in [2.05, 4.69) is 0 Å². The number of allylic oxidation sites excluding steroid dienone is 1. The lowest BCUT2D eigenvalue weighted by atomic mass is 10.0. The molecule has 0 aliphatic heterocycles. The van der Waals surface area contributed by atoms with Crippen molar-refractivity contribution in [2.24, 2.45) is 0 Å². The fourth-order valence-electron chi connectivity index (χ4n) is 1.87. The van der Waals surface area contributed by atoms with Crippen LogP contribution in [-0.2, 0) is 9.59 Å². The largest absolute Gasteiger partial charge is 0.550 e. The van der Waals surface area contributed by atoms with E-state index in [1.54, 1.807) is 6.08 Å². The van der Waals surface area contributed by atoms with Crippen LogP contribution in [0.4, 0.5) is 0 Å². The highest BCUT2D eigenvalue weighted by Gasteiger charge is 2.20. The van der Waals surface area contributed by atoms with Crippen LogP contribution in [0.1, 0.15) is 44.9 Å². The summed E-state index contributed by atoms with van der Waals surface area (Å²) in [5.41, 5.74) is 0.729. The molecule has 1 atom stereocenters. The second-order valence-corrected chi connectivity index (χ2v) is 4.17. The fraction of sp³-hybridized carbons (Fsp3) is 0.667. The minimum atomic E-state index is -1.00. The Morgan fingerprint density at radius 2 is 2.06 bits per heavy atom. The van der Waals surface area contributed by atoms with E-state index in [-0.39, 0.29) is 18.6 Å². The van der Waals surface area contributed by atoms with E-state index >= 15 is 0 Å². The third-order valence-corrected chi connectivity index (χ3v) is 2.72. The maximum absolute atomic E-state index is 11.3. The zero-order valence-electron chi connectivity index (χ0n) is 9.28. The van der Waals surface area contributed by atoms with Gasteiger partial charge in [-0.25, -0.2) is 0 Å². The van der Waals surface area contributed by atoms with Crippen molar-refractivity contribution in [2.75, 3.05) is 0 Å². The van der Waals surface area contributed by atoms with Crippen molar-refractivity contribution < 1.29 is 19.8 Å². The Hall–Kier alpha value is -1.16. The molecule has 0 aromatic heterocycles. The van der Waals surface area contributed by atoms with Gasteiger partial charge in [-0.1, -0.05) is 12.8 Å². The van der Waals surface area contributed by atoms with Gasteiger partial charge >= 0.3 is 0 Å². The molecule has 0 heterocycles. The first-order valence-corrected chi connectivity index (χ1v) is 5.71. The lowest BCUT2D eigenvalue weighted by Crippen LogP contribution is -2.21. The number of Topliss-reactive ketones (excluding diaryl/α,β-unsaturated/α-hetero) is 1. The monoisotopic (exact) mass is 225 g/mol. The number of carbonyl (C=O) groups is 2. The summed E-state index contributed by atoms with van der Waals surface area (Å²) >= 11 is 0. The molecule has 90 valence electrons. The second kappa shape index (κ2) is 6.43. The number of rotatable bonds is 7. The van der Waals surface area contributed by atoms with E-state index in [1.165, 1.54) is 0 Å². The molecule has 1 rings (SSSR count). The predicted molar refractivity (Wildman–Crippen MR) is 56.4 cm³/mol. The summed E-state index contributed by atoms with van der Waals surface area (Å²) < 4.78 is 0. The molecule has 0 bridgehead atoms. The van der Waals surface area contributed by atoms with Crippen molar-refractivity contribution in [3.63, 3.8) is 0 Å². The molecule has 16 heavy (non-hydrogen) atoms. The lowest BCUT2D eigenvalue weighted by molar-refractivity contribution is -0.305. The number of carbonyl (C=O) groups excluding carboxylic acids is 2. The quantitative estimate of drug-likeness (QED) is 0.634. The standard InChI is InChI=1S/C12H18O4/c13-10-7-9(11(14)8-10)5-3-1-2-4-6-12(15)16/h7,10,13H,1-6,8H2,(H,15,16)/p-1. The fourth-order valence-corrected chi connectivity index (χ4v) is 1.87. The summed E-state index contributed by atoms with van der Waals surface area (Å²) in [5, 5.41) is 19.3. The number of aliphatic hydroxyl groups is 1. The molecule has 1 aliphatic rings. The van der Waals surface area contributed by atoms with Crippen LogP contribution < -0.4 is 5.11 Å². The van der Waals surface area contributed by atoms with E-state index in [4.69, 9.17) is 0 Å². The van der Waals surface area contributed by atoms with Gasteiger partial charge in [-0.15, -0.1) is 0 Å². The van der Waals surface area contributed by atoms with E-state index in [0.717, 1.165) is 24.8 Å². The van der Waals surface area contributed by atoms with Crippen molar-refractivity contribution in [3.05, 3.63) is 11.6 Å². The third-order valence-electron chi connectivity index (χ3n) is 2.72. The number of ketones is 1. The zero-order chi connectivity index (χ0) is 12.0. The Labute approximate surface area is 95.0 Å². The van der Waals surface area contributed by atoms with E-state index < -0.39 is 12.1 Å². The van der Waals surface area contributed by atoms with Crippen LogP contribution in [0.15, 0.2) is 11.6 Å². The molecule has 4 nitrogen and oxygen atoms in total. The van der Waals surface area contributed by atoms with Crippen LogP contribution in [-0.4, -0.2) is 23.0 Å². The topological polar surface area (TPSA) is 77.4 Å². The molecule has 4 heteroatoms. The molecule has 0 aromatic carbocycles. The van der Waals surface area contributed by atoms with Gasteiger partial charge in [-0.3, -0.25) is 4.79 Å². The molecule has 0 aromatic rings. The number of aliphatic hydroxyl groups excluding tert-OH is 1. The highest BCUT2D eigenvalue weighted by Crippen LogP contribution is 2.20. The number of carboxylic acid groups (broad SMARTS) is 1. The third kappa shape index (κ3) is 4.57. The van der Waals surface area contributed by atoms with Crippen LogP contribution in [0.5, 0.6) is 0 Å². The summed E-state index contributed by atoms with van der Waals surface area (Å²) in [6, 6.07) is 0. The zero-order valence-corrected chi connectivity index (χ0v) is 9.28. The predicted octanol–water partition coefficient (Wildman–Crippen LogP) is 0.337. The van der Waals surface area contributed by atoms with Gasteiger partial charge in [0.2, 0.25) is 0 Å². The van der Waals surface area contributed by atoms with Crippen LogP contribution in [0.2, 0.25) is 0 Å². The summed E-state index contributed by atoms with van der Waals surface area (Å²) in [6.07, 6.45) is 5.33. The molecular formula is C12H17O4-.